The largest absolute Gasteiger partial charge is 0.266 e. The Kier molecular flexibility index (Phi) is 3.53. The van der Waals surface area contributed by atoms with Gasteiger partial charge in [-0.2, -0.15) is 9.40 Å². The molecule has 1 fully saturated rings. The van der Waals surface area contributed by atoms with Crippen molar-refractivity contribution in [2.24, 2.45) is 5.92 Å². The molecule has 96 valence electrons. The molecule has 0 atom stereocenters. The molecule has 0 amide bonds. The van der Waals surface area contributed by atoms with Crippen LogP contribution in [0.2, 0.25) is 0 Å². The SMILES string of the molecule is CC1CCC(N(C)S(=O)(=O)c2ccn[nH]2)CC1. The summed E-state index contributed by atoms with van der Waals surface area (Å²) in [7, 11) is -1.73. The van der Waals surface area contributed by atoms with E-state index in [0.717, 1.165) is 31.6 Å². The van der Waals surface area contributed by atoms with E-state index < -0.39 is 10.0 Å². The van der Waals surface area contributed by atoms with Gasteiger partial charge in [-0.05, 0) is 37.7 Å². The van der Waals surface area contributed by atoms with E-state index in [-0.39, 0.29) is 11.1 Å². The molecule has 1 N–H and O–H groups in total. The van der Waals surface area contributed by atoms with Gasteiger partial charge in [0.1, 0.15) is 0 Å². The number of aromatic amines is 1. The van der Waals surface area contributed by atoms with Crippen LogP contribution in [0.15, 0.2) is 17.3 Å². The molecule has 1 aliphatic carbocycles. The van der Waals surface area contributed by atoms with Crippen LogP contribution in [0.3, 0.4) is 0 Å². The number of hydrogen-bond acceptors (Lipinski definition) is 3. The number of nitrogens with one attached hydrogen (secondary N) is 1. The van der Waals surface area contributed by atoms with Crippen molar-refractivity contribution in [2.45, 2.75) is 43.7 Å². The molecule has 1 heterocycles. The summed E-state index contributed by atoms with van der Waals surface area (Å²) in [5.74, 6) is 0.717. The van der Waals surface area contributed by atoms with Gasteiger partial charge in [0.2, 0.25) is 0 Å². The Morgan fingerprint density at radius 3 is 2.53 bits per heavy atom. The molecular weight excluding hydrogens is 238 g/mol. The minimum absolute atomic E-state index is 0.125. The van der Waals surface area contributed by atoms with Gasteiger partial charge in [-0.1, -0.05) is 6.92 Å². The zero-order valence-corrected chi connectivity index (χ0v) is 11.1. The van der Waals surface area contributed by atoms with Crippen LogP contribution in [-0.4, -0.2) is 36.0 Å². The molecule has 0 aromatic carbocycles. The third-order valence-electron chi connectivity index (χ3n) is 3.63. The lowest BCUT2D eigenvalue weighted by atomic mass is 9.87. The maximum absolute atomic E-state index is 12.2. The lowest BCUT2D eigenvalue weighted by Crippen LogP contribution is -2.39. The molecule has 0 spiro atoms. The van der Waals surface area contributed by atoms with Crippen LogP contribution in [0.25, 0.3) is 0 Å². The molecule has 1 aromatic heterocycles. The standard InChI is InChI=1S/C11H19N3O2S/c1-9-3-5-10(6-4-9)14(2)17(15,16)11-7-8-12-13-11/h7-10H,3-6H2,1-2H3,(H,12,13). The molecule has 5 nitrogen and oxygen atoms in total. The number of aromatic nitrogens is 2. The van der Waals surface area contributed by atoms with E-state index in [2.05, 4.69) is 17.1 Å². The summed E-state index contributed by atoms with van der Waals surface area (Å²) < 4.78 is 25.9. The summed E-state index contributed by atoms with van der Waals surface area (Å²) in [6, 6.07) is 1.62. The molecule has 17 heavy (non-hydrogen) atoms. The van der Waals surface area contributed by atoms with Crippen molar-refractivity contribution < 1.29 is 8.42 Å². The van der Waals surface area contributed by atoms with Crippen LogP contribution in [0.5, 0.6) is 0 Å². The Bertz CT molecular complexity index is 447. The first-order valence-corrected chi connectivity index (χ1v) is 7.43. The molecular formula is C11H19N3O2S. The Labute approximate surface area is 102 Å². The average molecular weight is 257 g/mol. The van der Waals surface area contributed by atoms with Crippen molar-refractivity contribution in [1.82, 2.24) is 14.5 Å². The van der Waals surface area contributed by atoms with E-state index in [1.54, 1.807) is 7.05 Å². The van der Waals surface area contributed by atoms with Gasteiger partial charge in [0.15, 0.2) is 5.03 Å². The van der Waals surface area contributed by atoms with Crippen LogP contribution in [0.4, 0.5) is 0 Å². The highest BCUT2D eigenvalue weighted by atomic mass is 32.2. The van der Waals surface area contributed by atoms with E-state index in [9.17, 15) is 8.42 Å². The third kappa shape index (κ3) is 2.52. The van der Waals surface area contributed by atoms with Crippen LogP contribution in [0.1, 0.15) is 32.6 Å². The van der Waals surface area contributed by atoms with Gasteiger partial charge in [-0.3, -0.25) is 5.10 Å². The summed E-state index contributed by atoms with van der Waals surface area (Å²) in [4.78, 5) is 0. The van der Waals surface area contributed by atoms with Gasteiger partial charge in [0.25, 0.3) is 10.0 Å². The van der Waals surface area contributed by atoms with Crippen LogP contribution in [0, 0.1) is 5.92 Å². The Hall–Kier alpha value is -0.880. The van der Waals surface area contributed by atoms with Crippen molar-refractivity contribution in [3.05, 3.63) is 12.3 Å². The maximum atomic E-state index is 12.2. The second-order valence-electron chi connectivity index (χ2n) is 4.86. The van der Waals surface area contributed by atoms with Gasteiger partial charge < -0.3 is 0 Å². The minimum Gasteiger partial charge on any atom is -0.266 e. The van der Waals surface area contributed by atoms with Gasteiger partial charge in [-0.25, -0.2) is 8.42 Å². The summed E-state index contributed by atoms with van der Waals surface area (Å²) in [6.07, 6.45) is 5.57. The van der Waals surface area contributed by atoms with Gasteiger partial charge in [0.05, 0.1) is 6.20 Å². The highest BCUT2D eigenvalue weighted by Gasteiger charge is 2.31. The number of nitrogens with zero attached hydrogens (tertiary/aromatic N) is 2. The van der Waals surface area contributed by atoms with Crippen LogP contribution >= 0.6 is 0 Å². The fourth-order valence-corrected chi connectivity index (χ4v) is 3.66. The van der Waals surface area contributed by atoms with Crippen LogP contribution < -0.4 is 0 Å². The van der Waals surface area contributed by atoms with Crippen molar-refractivity contribution in [1.29, 1.82) is 0 Å². The molecule has 0 unspecified atom stereocenters. The molecule has 0 saturated heterocycles. The highest BCUT2D eigenvalue weighted by Crippen LogP contribution is 2.28. The fourth-order valence-electron chi connectivity index (χ4n) is 2.34. The lowest BCUT2D eigenvalue weighted by Gasteiger charge is -2.32. The molecule has 0 aliphatic heterocycles. The first-order valence-electron chi connectivity index (χ1n) is 5.99. The number of hydrogen-bond donors (Lipinski definition) is 1. The molecule has 6 heteroatoms. The zero-order valence-electron chi connectivity index (χ0n) is 10.3. The topological polar surface area (TPSA) is 66.1 Å². The lowest BCUT2D eigenvalue weighted by molar-refractivity contribution is 0.245. The van der Waals surface area contributed by atoms with Crippen molar-refractivity contribution in [3.63, 3.8) is 0 Å². The van der Waals surface area contributed by atoms with E-state index >= 15 is 0 Å². The van der Waals surface area contributed by atoms with Crippen molar-refractivity contribution >= 4 is 10.0 Å². The van der Waals surface area contributed by atoms with Crippen molar-refractivity contribution in [2.75, 3.05) is 7.05 Å². The van der Waals surface area contributed by atoms with Gasteiger partial charge in [0, 0.05) is 13.1 Å². The quantitative estimate of drug-likeness (QED) is 0.894. The Balaban J connectivity index is 2.12. The monoisotopic (exact) mass is 257 g/mol. The third-order valence-corrected chi connectivity index (χ3v) is 5.47. The number of H-pyrrole nitrogens is 1. The summed E-state index contributed by atoms with van der Waals surface area (Å²) in [5.41, 5.74) is 0. The van der Waals surface area contributed by atoms with E-state index in [4.69, 9.17) is 0 Å². The highest BCUT2D eigenvalue weighted by molar-refractivity contribution is 7.89. The Morgan fingerprint density at radius 1 is 1.35 bits per heavy atom. The zero-order chi connectivity index (χ0) is 12.5. The maximum Gasteiger partial charge on any atom is 0.259 e. The predicted octanol–water partition coefficient (Wildman–Crippen LogP) is 1.61. The molecule has 0 radical (unpaired) electrons. The summed E-state index contributed by atoms with van der Waals surface area (Å²) in [6.45, 7) is 2.22. The van der Waals surface area contributed by atoms with Gasteiger partial charge in [-0.15, -0.1) is 0 Å². The van der Waals surface area contributed by atoms with Crippen molar-refractivity contribution in [3.8, 4) is 0 Å². The van der Waals surface area contributed by atoms with E-state index in [1.807, 2.05) is 0 Å². The molecule has 1 aromatic rings. The van der Waals surface area contributed by atoms with E-state index in [0.29, 0.717) is 0 Å². The number of sulfonamides is 1. The minimum atomic E-state index is -3.40. The normalized spacial score (nSPS) is 26.3. The first kappa shape index (κ1) is 12.6. The molecule has 0 bridgehead atoms. The molecule has 1 saturated carbocycles. The smallest absolute Gasteiger partial charge is 0.259 e. The van der Waals surface area contributed by atoms with Crippen LogP contribution in [-0.2, 0) is 10.0 Å². The molecule has 1 aliphatic rings. The molecule has 2 rings (SSSR count). The van der Waals surface area contributed by atoms with Gasteiger partial charge >= 0.3 is 0 Å². The average Bonchev–Trinajstić information content (AvgIpc) is 2.83. The Morgan fingerprint density at radius 2 is 2.00 bits per heavy atom. The van der Waals surface area contributed by atoms with E-state index in [1.165, 1.54) is 16.6 Å². The second kappa shape index (κ2) is 4.78. The first-order chi connectivity index (χ1) is 8.01. The summed E-state index contributed by atoms with van der Waals surface area (Å²) >= 11 is 0. The second-order valence-corrected chi connectivity index (χ2v) is 6.82. The fraction of sp³-hybridized carbons (Fsp3) is 0.727. The number of rotatable bonds is 3. The summed E-state index contributed by atoms with van der Waals surface area (Å²) in [5, 5.41) is 6.40. The predicted molar refractivity (Wildman–Crippen MR) is 65.0 cm³/mol.